The molecule has 4 heteroatoms. The summed E-state index contributed by atoms with van der Waals surface area (Å²) >= 11 is 0. The highest BCUT2D eigenvalue weighted by molar-refractivity contribution is 5.67. The van der Waals surface area contributed by atoms with Crippen LogP contribution in [0.2, 0.25) is 0 Å². The molecule has 0 radical (unpaired) electrons. The van der Waals surface area contributed by atoms with E-state index in [9.17, 15) is 0 Å². The van der Waals surface area contributed by atoms with E-state index in [1.165, 1.54) is 11.1 Å². The molecule has 0 amide bonds. The average Bonchev–Trinajstić information content (AvgIpc) is 2.97. The van der Waals surface area contributed by atoms with Gasteiger partial charge in [-0.05, 0) is 53.5 Å². The van der Waals surface area contributed by atoms with Crippen LogP contribution in [-0.2, 0) is 10.8 Å². The minimum atomic E-state index is 0.172. The first-order valence-electron chi connectivity index (χ1n) is 11.1. The Morgan fingerprint density at radius 2 is 1.31 bits per heavy atom. The van der Waals surface area contributed by atoms with Gasteiger partial charge in [-0.1, -0.05) is 70.2 Å². The van der Waals surface area contributed by atoms with Crippen LogP contribution in [0.15, 0.2) is 66.9 Å². The van der Waals surface area contributed by atoms with E-state index in [4.69, 9.17) is 9.97 Å². The maximum atomic E-state index is 4.77. The van der Waals surface area contributed by atoms with Crippen molar-refractivity contribution in [1.82, 2.24) is 19.9 Å². The predicted octanol–water partition coefficient (Wildman–Crippen LogP) is 6.53. The van der Waals surface area contributed by atoms with E-state index in [2.05, 4.69) is 61.9 Å². The summed E-state index contributed by atoms with van der Waals surface area (Å²) in [7, 11) is 0. The number of aryl methyl sites for hydroxylation is 1. The topological polar surface area (TPSA) is 51.6 Å². The lowest BCUT2D eigenvalue weighted by molar-refractivity contribution is 0.403. The predicted molar refractivity (Wildman–Crippen MR) is 129 cm³/mol. The Morgan fingerprint density at radius 1 is 0.656 bits per heavy atom. The van der Waals surface area contributed by atoms with Gasteiger partial charge in [-0.2, -0.15) is 0 Å². The second-order valence-electron chi connectivity index (χ2n) is 10.0. The van der Waals surface area contributed by atoms with E-state index in [1.807, 2.05) is 49.5 Å². The summed E-state index contributed by atoms with van der Waals surface area (Å²) in [6.07, 6.45) is 3.02. The fourth-order valence-electron chi connectivity index (χ4n) is 5.17. The van der Waals surface area contributed by atoms with Gasteiger partial charge < -0.3 is 0 Å². The molecule has 0 fully saturated rings. The molecule has 0 saturated heterocycles. The molecular weight excluding hydrogens is 392 g/mol. The number of nitrogens with zero attached hydrogens (tertiary/aromatic N) is 4. The van der Waals surface area contributed by atoms with E-state index in [0.717, 1.165) is 28.8 Å². The van der Waals surface area contributed by atoms with E-state index in [0.29, 0.717) is 17.5 Å². The van der Waals surface area contributed by atoms with Crippen LogP contribution in [-0.4, -0.2) is 19.9 Å². The van der Waals surface area contributed by atoms with Crippen molar-refractivity contribution < 1.29 is 0 Å². The molecule has 0 unspecified atom stereocenters. The SMILES string of the molecule is Cc1nc(-c2ccccc2)nc(-c2ccc(-c3ccc4c(c3)C(C)(C)CC4(C)C)nc2)n1. The molecule has 4 nitrogen and oxygen atoms in total. The quantitative estimate of drug-likeness (QED) is 0.378. The lowest BCUT2D eigenvalue weighted by Crippen LogP contribution is -2.17. The molecule has 0 bridgehead atoms. The van der Waals surface area contributed by atoms with Gasteiger partial charge in [0.25, 0.3) is 0 Å². The van der Waals surface area contributed by atoms with Crippen molar-refractivity contribution in [2.75, 3.05) is 0 Å². The van der Waals surface area contributed by atoms with Gasteiger partial charge in [-0.25, -0.2) is 15.0 Å². The van der Waals surface area contributed by atoms with Crippen LogP contribution in [0, 0.1) is 6.92 Å². The second kappa shape index (κ2) is 7.33. The molecule has 0 N–H and O–H groups in total. The number of aromatic nitrogens is 4. The van der Waals surface area contributed by atoms with Crippen molar-refractivity contribution in [2.45, 2.75) is 51.9 Å². The Bertz CT molecular complexity index is 1290. The maximum Gasteiger partial charge on any atom is 0.165 e. The van der Waals surface area contributed by atoms with Crippen molar-refractivity contribution in [3.05, 3.63) is 83.8 Å². The van der Waals surface area contributed by atoms with Crippen molar-refractivity contribution in [3.63, 3.8) is 0 Å². The van der Waals surface area contributed by atoms with Crippen molar-refractivity contribution in [2.24, 2.45) is 0 Å². The molecule has 1 aliphatic rings. The number of rotatable bonds is 3. The van der Waals surface area contributed by atoms with Crippen LogP contribution in [0.1, 0.15) is 51.1 Å². The van der Waals surface area contributed by atoms with Crippen LogP contribution in [0.25, 0.3) is 34.0 Å². The summed E-state index contributed by atoms with van der Waals surface area (Å²) < 4.78 is 0. The van der Waals surface area contributed by atoms with Gasteiger partial charge in [0.1, 0.15) is 5.82 Å². The third kappa shape index (κ3) is 3.60. The fraction of sp³-hybridized carbons (Fsp3) is 0.286. The summed E-state index contributed by atoms with van der Waals surface area (Å²) in [5.74, 6) is 2.02. The van der Waals surface area contributed by atoms with Crippen LogP contribution >= 0.6 is 0 Å². The second-order valence-corrected chi connectivity index (χ2v) is 10.0. The Hall–Kier alpha value is -3.40. The molecule has 2 aromatic heterocycles. The number of pyridine rings is 1. The molecule has 32 heavy (non-hydrogen) atoms. The number of fused-ring (bicyclic) bond motifs is 1. The van der Waals surface area contributed by atoms with Crippen LogP contribution < -0.4 is 0 Å². The van der Waals surface area contributed by atoms with Crippen LogP contribution in [0.5, 0.6) is 0 Å². The standard InChI is InChI=1S/C28H28N4/c1-18-30-25(19-9-7-6-8-10-19)32-26(31-18)21-12-14-24(29-16-21)20-11-13-22-23(15-20)28(4,5)17-27(22,2)3/h6-16H,17H2,1-5H3. The molecule has 0 aliphatic heterocycles. The Morgan fingerprint density at radius 3 is 2.00 bits per heavy atom. The lowest BCUT2D eigenvalue weighted by Gasteiger charge is -2.22. The molecule has 0 saturated carbocycles. The zero-order valence-electron chi connectivity index (χ0n) is 19.3. The molecule has 0 spiro atoms. The highest BCUT2D eigenvalue weighted by Crippen LogP contribution is 2.50. The summed E-state index contributed by atoms with van der Waals surface area (Å²) in [6.45, 7) is 11.3. The van der Waals surface area contributed by atoms with E-state index < -0.39 is 0 Å². The fourth-order valence-corrected chi connectivity index (χ4v) is 5.17. The molecule has 2 aromatic carbocycles. The zero-order valence-corrected chi connectivity index (χ0v) is 19.3. The molecule has 1 aliphatic carbocycles. The van der Waals surface area contributed by atoms with Crippen LogP contribution in [0.4, 0.5) is 0 Å². The molecule has 0 atom stereocenters. The Balaban J connectivity index is 1.49. The van der Waals surface area contributed by atoms with Gasteiger partial charge in [0.15, 0.2) is 11.6 Å². The number of benzene rings is 2. The normalized spacial score (nSPS) is 16.0. The third-order valence-electron chi connectivity index (χ3n) is 6.46. The average molecular weight is 421 g/mol. The van der Waals surface area contributed by atoms with Crippen molar-refractivity contribution >= 4 is 0 Å². The molecule has 160 valence electrons. The van der Waals surface area contributed by atoms with E-state index >= 15 is 0 Å². The minimum absolute atomic E-state index is 0.172. The maximum absolute atomic E-state index is 4.77. The third-order valence-corrected chi connectivity index (χ3v) is 6.46. The van der Waals surface area contributed by atoms with Gasteiger partial charge in [-0.3, -0.25) is 4.98 Å². The highest BCUT2D eigenvalue weighted by atomic mass is 15.0. The largest absolute Gasteiger partial charge is 0.255 e. The molecule has 2 heterocycles. The number of hydrogen-bond acceptors (Lipinski definition) is 4. The van der Waals surface area contributed by atoms with Gasteiger partial charge >= 0.3 is 0 Å². The van der Waals surface area contributed by atoms with Gasteiger partial charge in [0.2, 0.25) is 0 Å². The summed E-state index contributed by atoms with van der Waals surface area (Å²) in [6, 6.07) is 20.9. The van der Waals surface area contributed by atoms with Crippen molar-refractivity contribution in [1.29, 1.82) is 0 Å². The summed E-state index contributed by atoms with van der Waals surface area (Å²) in [4.78, 5) is 18.5. The smallest absolute Gasteiger partial charge is 0.165 e. The van der Waals surface area contributed by atoms with Crippen LogP contribution in [0.3, 0.4) is 0 Å². The minimum Gasteiger partial charge on any atom is -0.255 e. The molecule has 4 aromatic rings. The van der Waals surface area contributed by atoms with E-state index in [1.54, 1.807) is 0 Å². The Kier molecular flexibility index (Phi) is 4.70. The van der Waals surface area contributed by atoms with Gasteiger partial charge in [0.05, 0.1) is 5.69 Å². The van der Waals surface area contributed by atoms with Crippen molar-refractivity contribution in [3.8, 4) is 34.0 Å². The Labute approximate surface area is 189 Å². The van der Waals surface area contributed by atoms with Gasteiger partial charge in [-0.15, -0.1) is 0 Å². The number of hydrogen-bond donors (Lipinski definition) is 0. The van der Waals surface area contributed by atoms with E-state index in [-0.39, 0.29) is 10.8 Å². The first-order chi connectivity index (χ1) is 15.2. The molecular formula is C28H28N4. The first kappa shape index (κ1) is 20.5. The van der Waals surface area contributed by atoms with Gasteiger partial charge in [0, 0.05) is 22.9 Å². The summed E-state index contributed by atoms with van der Waals surface area (Å²) in [5, 5.41) is 0. The first-order valence-corrected chi connectivity index (χ1v) is 11.1. The molecule has 5 rings (SSSR count). The zero-order chi connectivity index (χ0) is 22.5. The summed E-state index contributed by atoms with van der Waals surface area (Å²) in [5.41, 5.74) is 7.26. The monoisotopic (exact) mass is 420 g/mol. The highest BCUT2D eigenvalue weighted by Gasteiger charge is 2.41. The lowest BCUT2D eigenvalue weighted by atomic mass is 9.82.